The lowest BCUT2D eigenvalue weighted by molar-refractivity contribution is 0.158. The Balaban J connectivity index is 1.56. The SMILES string of the molecule is CC(C)(CCn1cnc(-c2ccccc2)c1)NCC(O)c1ccc(O)c(NS(C)(=O)=O)c1. The number of β-amino-alcohol motifs (C(OH)–C–C–N with tert-alkyl or cyclic N) is 1. The molecule has 0 saturated heterocycles. The fourth-order valence-electron chi connectivity index (χ4n) is 3.27. The number of phenols is 1. The number of aromatic nitrogens is 2. The van der Waals surface area contributed by atoms with E-state index in [1.807, 2.05) is 47.4 Å². The average molecular weight is 459 g/mol. The maximum absolute atomic E-state index is 11.5. The molecule has 0 spiro atoms. The van der Waals surface area contributed by atoms with Gasteiger partial charge in [-0.2, -0.15) is 0 Å². The zero-order chi connectivity index (χ0) is 23.4. The highest BCUT2D eigenvalue weighted by Crippen LogP contribution is 2.28. The van der Waals surface area contributed by atoms with Crippen molar-refractivity contribution in [1.82, 2.24) is 14.9 Å². The van der Waals surface area contributed by atoms with Crippen LogP contribution in [0.4, 0.5) is 5.69 Å². The van der Waals surface area contributed by atoms with E-state index in [9.17, 15) is 18.6 Å². The molecule has 32 heavy (non-hydrogen) atoms. The van der Waals surface area contributed by atoms with Gasteiger partial charge in [0.2, 0.25) is 10.0 Å². The Morgan fingerprint density at radius 3 is 2.56 bits per heavy atom. The van der Waals surface area contributed by atoms with Gasteiger partial charge in [-0.15, -0.1) is 0 Å². The first-order chi connectivity index (χ1) is 15.0. The summed E-state index contributed by atoms with van der Waals surface area (Å²) in [5.41, 5.74) is 2.28. The number of aromatic hydroxyl groups is 1. The van der Waals surface area contributed by atoms with Gasteiger partial charge < -0.3 is 20.1 Å². The Morgan fingerprint density at radius 2 is 1.88 bits per heavy atom. The number of nitrogens with one attached hydrogen (secondary N) is 2. The molecule has 1 aromatic heterocycles. The number of nitrogens with zero attached hydrogens (tertiary/aromatic N) is 2. The second-order valence-corrected chi connectivity index (χ2v) is 10.3. The normalized spacial score (nSPS) is 13.1. The van der Waals surface area contributed by atoms with E-state index < -0.39 is 16.1 Å². The first-order valence-corrected chi connectivity index (χ1v) is 12.2. The van der Waals surface area contributed by atoms with Gasteiger partial charge in [0.05, 0.1) is 30.1 Å². The van der Waals surface area contributed by atoms with Crippen LogP contribution in [-0.4, -0.2) is 46.5 Å². The van der Waals surface area contributed by atoms with Crippen molar-refractivity contribution in [1.29, 1.82) is 0 Å². The topological polar surface area (TPSA) is 116 Å². The molecule has 0 fully saturated rings. The second-order valence-electron chi connectivity index (χ2n) is 8.54. The largest absolute Gasteiger partial charge is 0.506 e. The zero-order valence-electron chi connectivity index (χ0n) is 18.5. The fraction of sp³-hybridized carbons (Fsp3) is 0.348. The molecule has 9 heteroatoms. The maximum Gasteiger partial charge on any atom is 0.229 e. The Labute approximate surface area is 189 Å². The molecule has 8 nitrogen and oxygen atoms in total. The van der Waals surface area contributed by atoms with Crippen LogP contribution in [0.2, 0.25) is 0 Å². The summed E-state index contributed by atoms with van der Waals surface area (Å²) in [7, 11) is -3.54. The number of anilines is 1. The van der Waals surface area contributed by atoms with Crippen molar-refractivity contribution in [2.24, 2.45) is 0 Å². The molecular formula is C23H30N4O4S. The Kier molecular flexibility index (Phi) is 7.22. The summed E-state index contributed by atoms with van der Waals surface area (Å²) in [5, 5.41) is 23.8. The van der Waals surface area contributed by atoms with Crippen LogP contribution in [0, 0.1) is 0 Å². The van der Waals surface area contributed by atoms with Crippen molar-refractivity contribution in [3.63, 3.8) is 0 Å². The van der Waals surface area contributed by atoms with Crippen LogP contribution in [-0.2, 0) is 16.6 Å². The average Bonchev–Trinajstić information content (AvgIpc) is 3.21. The lowest BCUT2D eigenvalue weighted by Gasteiger charge is -2.28. The zero-order valence-corrected chi connectivity index (χ0v) is 19.3. The molecule has 3 rings (SSSR count). The summed E-state index contributed by atoms with van der Waals surface area (Å²) in [6.07, 6.45) is 4.78. The van der Waals surface area contributed by atoms with Crippen LogP contribution < -0.4 is 10.0 Å². The van der Waals surface area contributed by atoms with Gasteiger partial charge >= 0.3 is 0 Å². The molecule has 0 bridgehead atoms. The van der Waals surface area contributed by atoms with E-state index in [1.54, 1.807) is 6.07 Å². The highest BCUT2D eigenvalue weighted by molar-refractivity contribution is 7.92. The Hall–Kier alpha value is -2.88. The summed E-state index contributed by atoms with van der Waals surface area (Å²) < 4.78 is 27.2. The molecule has 1 unspecified atom stereocenters. The van der Waals surface area contributed by atoms with Crippen LogP contribution in [0.5, 0.6) is 5.75 Å². The monoisotopic (exact) mass is 458 g/mol. The molecule has 2 aromatic carbocycles. The number of hydrogen-bond donors (Lipinski definition) is 4. The van der Waals surface area contributed by atoms with E-state index in [-0.39, 0.29) is 23.5 Å². The standard InChI is InChI=1S/C23H30N4O4S/c1-23(2,11-12-27-15-20(24-16-27)17-7-5-4-6-8-17)25-14-22(29)18-9-10-21(28)19(13-18)26-32(3,30)31/h4-10,13,15-16,22,25-26,28-29H,11-12,14H2,1-3H3. The van der Waals surface area contributed by atoms with Crippen LogP contribution in [0.25, 0.3) is 11.3 Å². The van der Waals surface area contributed by atoms with Gasteiger partial charge in [0.1, 0.15) is 5.75 Å². The van der Waals surface area contributed by atoms with E-state index in [2.05, 4.69) is 28.9 Å². The van der Waals surface area contributed by atoms with Gasteiger partial charge in [-0.05, 0) is 38.0 Å². The molecule has 0 aliphatic rings. The van der Waals surface area contributed by atoms with E-state index in [1.165, 1.54) is 12.1 Å². The minimum absolute atomic E-state index is 0.0395. The number of sulfonamides is 1. The van der Waals surface area contributed by atoms with Gasteiger partial charge in [0.15, 0.2) is 0 Å². The van der Waals surface area contributed by atoms with Crippen molar-refractivity contribution in [3.05, 3.63) is 66.6 Å². The number of rotatable bonds is 10. The number of hydrogen-bond acceptors (Lipinski definition) is 6. The van der Waals surface area contributed by atoms with Crippen molar-refractivity contribution in [2.75, 3.05) is 17.5 Å². The third-order valence-corrected chi connectivity index (χ3v) is 5.76. The summed E-state index contributed by atoms with van der Waals surface area (Å²) in [6, 6.07) is 14.4. The molecule has 0 aliphatic carbocycles. The molecule has 0 amide bonds. The van der Waals surface area contributed by atoms with Crippen molar-refractivity contribution < 1.29 is 18.6 Å². The van der Waals surface area contributed by atoms with Gasteiger partial charge in [-0.3, -0.25) is 4.72 Å². The lowest BCUT2D eigenvalue weighted by Crippen LogP contribution is -2.42. The minimum atomic E-state index is -3.54. The van der Waals surface area contributed by atoms with E-state index in [0.717, 1.165) is 30.5 Å². The molecule has 0 radical (unpaired) electrons. The summed E-state index contributed by atoms with van der Waals surface area (Å²) in [6.45, 7) is 5.15. The van der Waals surface area contributed by atoms with Gasteiger partial charge in [-0.1, -0.05) is 36.4 Å². The number of benzene rings is 2. The van der Waals surface area contributed by atoms with Crippen molar-refractivity contribution >= 4 is 15.7 Å². The lowest BCUT2D eigenvalue weighted by atomic mass is 9.99. The number of imidazole rings is 1. The predicted molar refractivity (Wildman–Crippen MR) is 126 cm³/mol. The van der Waals surface area contributed by atoms with E-state index in [0.29, 0.717) is 5.56 Å². The quantitative estimate of drug-likeness (QED) is 0.347. The molecule has 4 N–H and O–H groups in total. The first-order valence-electron chi connectivity index (χ1n) is 10.3. The van der Waals surface area contributed by atoms with Gasteiger partial charge in [-0.25, -0.2) is 13.4 Å². The number of aliphatic hydroxyl groups is 1. The third-order valence-electron chi connectivity index (χ3n) is 5.17. The van der Waals surface area contributed by atoms with Crippen LogP contribution in [0.1, 0.15) is 31.9 Å². The van der Waals surface area contributed by atoms with Crippen LogP contribution in [0.3, 0.4) is 0 Å². The molecule has 0 aliphatic heterocycles. The van der Waals surface area contributed by atoms with Crippen molar-refractivity contribution in [3.8, 4) is 17.0 Å². The second kappa shape index (κ2) is 9.72. The van der Waals surface area contributed by atoms with Gasteiger partial charge in [0, 0.05) is 30.4 Å². The highest BCUT2D eigenvalue weighted by atomic mass is 32.2. The van der Waals surface area contributed by atoms with Crippen LogP contribution in [0.15, 0.2) is 61.1 Å². The smallest absolute Gasteiger partial charge is 0.229 e. The molecule has 1 heterocycles. The summed E-state index contributed by atoms with van der Waals surface area (Å²) >= 11 is 0. The number of phenolic OH excluding ortho intramolecular Hbond substituents is 1. The Morgan fingerprint density at radius 1 is 1.16 bits per heavy atom. The van der Waals surface area contributed by atoms with Crippen molar-refractivity contribution in [2.45, 2.75) is 38.5 Å². The third kappa shape index (κ3) is 6.81. The van der Waals surface area contributed by atoms with Crippen LogP contribution >= 0.6 is 0 Å². The highest BCUT2D eigenvalue weighted by Gasteiger charge is 2.20. The maximum atomic E-state index is 11.5. The van der Waals surface area contributed by atoms with Gasteiger partial charge in [0.25, 0.3) is 0 Å². The fourth-order valence-corrected chi connectivity index (χ4v) is 3.83. The molecule has 3 aromatic rings. The molecular weight excluding hydrogens is 428 g/mol. The summed E-state index contributed by atoms with van der Waals surface area (Å²) in [5.74, 6) is -0.199. The molecule has 0 saturated carbocycles. The number of aliphatic hydroxyl groups excluding tert-OH is 1. The minimum Gasteiger partial charge on any atom is -0.506 e. The predicted octanol–water partition coefficient (Wildman–Crippen LogP) is 3.12. The number of aryl methyl sites for hydroxylation is 1. The first kappa shape index (κ1) is 23.8. The van der Waals surface area contributed by atoms with E-state index in [4.69, 9.17) is 0 Å². The molecule has 1 atom stereocenters. The molecule has 172 valence electrons. The summed E-state index contributed by atoms with van der Waals surface area (Å²) in [4.78, 5) is 4.48. The van der Waals surface area contributed by atoms with E-state index >= 15 is 0 Å². The Bertz CT molecular complexity index is 1140.